The fourth-order valence-corrected chi connectivity index (χ4v) is 6.07. The fourth-order valence-electron chi connectivity index (χ4n) is 6.07. The average molecular weight is 342 g/mol. The average Bonchev–Trinajstić information content (AvgIpc) is 2.52. The van der Waals surface area contributed by atoms with Crippen LogP contribution >= 0.6 is 0 Å². The van der Waals surface area contributed by atoms with E-state index in [1.165, 1.54) is 12.0 Å². The third kappa shape index (κ3) is 2.28. The number of phenols is 1. The van der Waals surface area contributed by atoms with Crippen LogP contribution in [0.15, 0.2) is 17.7 Å². The predicted molar refractivity (Wildman–Crippen MR) is 99.7 cm³/mol. The molecule has 3 nitrogen and oxygen atoms in total. The smallest absolute Gasteiger partial charge is 0.131 e. The number of phenolic OH excluding ortho intramolecular Hbond substituents is 1. The van der Waals surface area contributed by atoms with Crippen molar-refractivity contribution >= 4 is 6.08 Å². The topological polar surface area (TPSA) is 49.7 Å². The molecule has 25 heavy (non-hydrogen) atoms. The van der Waals surface area contributed by atoms with E-state index >= 15 is 0 Å². The lowest BCUT2D eigenvalue weighted by molar-refractivity contribution is -0.0840. The number of aryl methyl sites for hydroxylation is 1. The SMILES string of the molecule is Cc1cc(O)c2c(c1)O[C@]1(C)CC[C@@H]3C(C)(C)CCC[C@]3(CO)C1=C2. The zero-order valence-electron chi connectivity index (χ0n) is 15.9. The molecule has 2 N–H and O–H groups in total. The summed E-state index contributed by atoms with van der Waals surface area (Å²) in [5.74, 6) is 1.50. The molecule has 1 aliphatic heterocycles. The molecule has 3 aliphatic rings. The zero-order valence-corrected chi connectivity index (χ0v) is 15.9. The first kappa shape index (κ1) is 17.0. The number of rotatable bonds is 1. The molecule has 2 fully saturated rings. The Morgan fingerprint density at radius 2 is 1.92 bits per heavy atom. The van der Waals surface area contributed by atoms with Gasteiger partial charge in [-0.25, -0.2) is 0 Å². The van der Waals surface area contributed by atoms with Crippen LogP contribution in [0.1, 0.15) is 64.0 Å². The Balaban J connectivity index is 1.92. The van der Waals surface area contributed by atoms with E-state index < -0.39 is 0 Å². The summed E-state index contributed by atoms with van der Waals surface area (Å²) in [6.45, 7) is 9.00. The minimum atomic E-state index is -0.389. The van der Waals surface area contributed by atoms with Crippen molar-refractivity contribution in [3.8, 4) is 11.5 Å². The van der Waals surface area contributed by atoms with E-state index in [1.54, 1.807) is 6.07 Å². The molecular weight excluding hydrogens is 312 g/mol. The quantitative estimate of drug-likeness (QED) is 0.768. The van der Waals surface area contributed by atoms with Crippen molar-refractivity contribution in [2.45, 2.75) is 65.4 Å². The molecule has 2 saturated carbocycles. The minimum Gasteiger partial charge on any atom is -0.507 e. The molecule has 0 aromatic heterocycles. The monoisotopic (exact) mass is 342 g/mol. The molecule has 1 aromatic rings. The van der Waals surface area contributed by atoms with Crippen LogP contribution < -0.4 is 4.74 Å². The van der Waals surface area contributed by atoms with Gasteiger partial charge < -0.3 is 14.9 Å². The third-order valence-electron chi connectivity index (χ3n) is 7.24. The number of aromatic hydroxyl groups is 1. The molecular formula is C22H30O3. The second-order valence-corrected chi connectivity index (χ2v) is 9.33. The van der Waals surface area contributed by atoms with Crippen LogP contribution in [0.25, 0.3) is 6.08 Å². The van der Waals surface area contributed by atoms with Gasteiger partial charge in [-0.1, -0.05) is 20.3 Å². The van der Waals surface area contributed by atoms with Crippen LogP contribution in [-0.4, -0.2) is 22.4 Å². The van der Waals surface area contributed by atoms with Crippen molar-refractivity contribution < 1.29 is 14.9 Å². The van der Waals surface area contributed by atoms with Gasteiger partial charge in [-0.3, -0.25) is 0 Å². The van der Waals surface area contributed by atoms with Crippen molar-refractivity contribution in [3.05, 3.63) is 28.8 Å². The number of hydrogen-bond acceptors (Lipinski definition) is 3. The lowest BCUT2D eigenvalue weighted by Crippen LogP contribution is -2.58. The summed E-state index contributed by atoms with van der Waals surface area (Å²) in [5.41, 5.74) is 2.57. The van der Waals surface area contributed by atoms with Crippen LogP contribution in [-0.2, 0) is 0 Å². The largest absolute Gasteiger partial charge is 0.507 e. The number of ether oxygens (including phenoxy) is 1. The number of hydrogen-bond donors (Lipinski definition) is 2. The Kier molecular flexibility index (Phi) is 3.57. The summed E-state index contributed by atoms with van der Waals surface area (Å²) in [7, 11) is 0. The van der Waals surface area contributed by atoms with E-state index in [0.717, 1.165) is 42.6 Å². The highest BCUT2D eigenvalue weighted by molar-refractivity contribution is 5.71. The first-order chi connectivity index (χ1) is 11.7. The number of fused-ring (bicyclic) bond motifs is 4. The van der Waals surface area contributed by atoms with Gasteiger partial charge in [0.2, 0.25) is 0 Å². The first-order valence-electron chi connectivity index (χ1n) is 9.58. The molecule has 1 heterocycles. The minimum absolute atomic E-state index is 0.161. The van der Waals surface area contributed by atoms with Crippen molar-refractivity contribution in [2.75, 3.05) is 6.61 Å². The van der Waals surface area contributed by atoms with Crippen LogP contribution in [0.3, 0.4) is 0 Å². The Hall–Kier alpha value is -1.48. The Morgan fingerprint density at radius 1 is 1.16 bits per heavy atom. The van der Waals surface area contributed by atoms with E-state index in [9.17, 15) is 10.2 Å². The summed E-state index contributed by atoms with van der Waals surface area (Å²) in [6.07, 6.45) is 7.52. The van der Waals surface area contributed by atoms with Gasteiger partial charge in [-0.2, -0.15) is 0 Å². The highest BCUT2D eigenvalue weighted by atomic mass is 16.5. The maximum atomic E-state index is 10.6. The van der Waals surface area contributed by atoms with Gasteiger partial charge in [0, 0.05) is 5.41 Å². The molecule has 136 valence electrons. The van der Waals surface area contributed by atoms with E-state index in [1.807, 2.05) is 13.0 Å². The van der Waals surface area contributed by atoms with E-state index in [-0.39, 0.29) is 28.8 Å². The van der Waals surface area contributed by atoms with Crippen LogP contribution in [0.2, 0.25) is 0 Å². The van der Waals surface area contributed by atoms with E-state index in [2.05, 4.69) is 26.8 Å². The molecule has 0 amide bonds. The van der Waals surface area contributed by atoms with Gasteiger partial charge in [0.15, 0.2) is 0 Å². The van der Waals surface area contributed by atoms with Gasteiger partial charge >= 0.3 is 0 Å². The van der Waals surface area contributed by atoms with Crippen LogP contribution in [0.4, 0.5) is 0 Å². The van der Waals surface area contributed by atoms with Crippen molar-refractivity contribution in [1.29, 1.82) is 0 Å². The Bertz CT molecular complexity index is 748. The maximum absolute atomic E-state index is 10.6. The predicted octanol–water partition coefficient (Wildman–Crippen LogP) is 4.83. The molecule has 0 bridgehead atoms. The Morgan fingerprint density at radius 3 is 2.64 bits per heavy atom. The van der Waals surface area contributed by atoms with Gasteiger partial charge in [0.05, 0.1) is 12.2 Å². The standard InChI is InChI=1S/C22H30O3/c1-14-10-16(24)15-12-19-21(4,25-17(15)11-14)9-6-18-20(2,3)7-5-8-22(18,19)13-23/h10-12,18,23-24H,5-9,13H2,1-4H3/t18-,21-,22-/m1/s1. The molecule has 0 saturated heterocycles. The third-order valence-corrected chi connectivity index (χ3v) is 7.24. The molecule has 3 atom stereocenters. The summed E-state index contributed by atoms with van der Waals surface area (Å²) >= 11 is 0. The highest BCUT2D eigenvalue weighted by Crippen LogP contribution is 2.64. The molecule has 2 aliphatic carbocycles. The van der Waals surface area contributed by atoms with E-state index in [4.69, 9.17) is 4.74 Å². The fraction of sp³-hybridized carbons (Fsp3) is 0.636. The van der Waals surface area contributed by atoms with E-state index in [0.29, 0.717) is 5.92 Å². The van der Waals surface area contributed by atoms with Crippen molar-refractivity contribution in [3.63, 3.8) is 0 Å². The molecule has 3 heteroatoms. The second kappa shape index (κ2) is 5.26. The summed E-state index contributed by atoms with van der Waals surface area (Å²) in [5, 5.41) is 21.0. The normalized spacial score (nSPS) is 35.7. The summed E-state index contributed by atoms with van der Waals surface area (Å²) in [4.78, 5) is 0. The van der Waals surface area contributed by atoms with Gasteiger partial charge in [-0.15, -0.1) is 0 Å². The molecule has 0 radical (unpaired) electrons. The first-order valence-corrected chi connectivity index (χ1v) is 9.58. The van der Waals surface area contributed by atoms with Gasteiger partial charge in [0.1, 0.15) is 17.1 Å². The van der Waals surface area contributed by atoms with Crippen LogP contribution in [0.5, 0.6) is 11.5 Å². The summed E-state index contributed by atoms with van der Waals surface area (Å²) in [6, 6.07) is 3.80. The molecule has 0 unspecified atom stereocenters. The molecule has 4 rings (SSSR count). The van der Waals surface area contributed by atoms with Crippen molar-refractivity contribution in [2.24, 2.45) is 16.7 Å². The lowest BCUT2D eigenvalue weighted by Gasteiger charge is -2.60. The number of benzene rings is 1. The Labute approximate surface area is 150 Å². The second-order valence-electron chi connectivity index (χ2n) is 9.33. The van der Waals surface area contributed by atoms with Gasteiger partial charge in [0.25, 0.3) is 0 Å². The maximum Gasteiger partial charge on any atom is 0.131 e. The highest BCUT2D eigenvalue weighted by Gasteiger charge is 2.59. The molecule has 0 spiro atoms. The summed E-state index contributed by atoms with van der Waals surface area (Å²) < 4.78 is 6.49. The van der Waals surface area contributed by atoms with Crippen LogP contribution in [0, 0.1) is 23.7 Å². The zero-order chi connectivity index (χ0) is 18.0. The van der Waals surface area contributed by atoms with Crippen molar-refractivity contribution in [1.82, 2.24) is 0 Å². The van der Waals surface area contributed by atoms with Gasteiger partial charge in [-0.05, 0) is 80.2 Å². The number of aliphatic hydroxyl groups excluding tert-OH is 1. The molecule has 1 aromatic carbocycles. The lowest BCUT2D eigenvalue weighted by atomic mass is 9.47. The number of aliphatic hydroxyl groups is 1.